The van der Waals surface area contributed by atoms with Crippen LogP contribution < -0.4 is 14.4 Å². The third kappa shape index (κ3) is 2.08. The molecule has 1 aromatic carbocycles. The van der Waals surface area contributed by atoms with Gasteiger partial charge in [-0.3, -0.25) is 0 Å². The first-order valence-corrected chi connectivity index (χ1v) is 7.42. The SMILES string of the molecule is OCC1CCCCN1c1nccc2cc3c(cc12)OCO3. The van der Waals surface area contributed by atoms with Crippen LogP contribution in [0, 0.1) is 0 Å². The highest BCUT2D eigenvalue weighted by molar-refractivity contribution is 5.95. The number of ether oxygens (including phenoxy) is 2. The lowest BCUT2D eigenvalue weighted by molar-refractivity contribution is 0.174. The van der Waals surface area contributed by atoms with Gasteiger partial charge in [0.15, 0.2) is 11.5 Å². The number of aliphatic hydroxyl groups excluding tert-OH is 1. The zero-order valence-corrected chi connectivity index (χ0v) is 11.8. The minimum atomic E-state index is 0.155. The predicted octanol–water partition coefficient (Wildman–Crippen LogP) is 2.31. The molecular weight excluding hydrogens is 268 g/mol. The number of aliphatic hydroxyl groups is 1. The first-order valence-electron chi connectivity index (χ1n) is 7.42. The standard InChI is InChI=1S/C16H18N2O3/c19-9-12-3-1-2-6-18(12)16-13-8-15-14(20-10-21-15)7-11(13)4-5-17-16/h4-5,7-8,12,19H,1-3,6,9-10H2. The molecule has 1 unspecified atom stereocenters. The average Bonchev–Trinajstić information content (AvgIpc) is 2.99. The third-order valence-corrected chi connectivity index (χ3v) is 4.35. The van der Waals surface area contributed by atoms with E-state index < -0.39 is 0 Å². The van der Waals surface area contributed by atoms with Crippen LogP contribution in [0.4, 0.5) is 5.82 Å². The predicted molar refractivity (Wildman–Crippen MR) is 79.9 cm³/mol. The highest BCUT2D eigenvalue weighted by Gasteiger charge is 2.25. The maximum absolute atomic E-state index is 9.64. The van der Waals surface area contributed by atoms with Crippen molar-refractivity contribution < 1.29 is 14.6 Å². The van der Waals surface area contributed by atoms with Gasteiger partial charge in [-0.05, 0) is 42.8 Å². The van der Waals surface area contributed by atoms with Crippen molar-refractivity contribution in [2.75, 3.05) is 24.8 Å². The number of aromatic nitrogens is 1. The molecule has 3 heterocycles. The van der Waals surface area contributed by atoms with Gasteiger partial charge in [0.1, 0.15) is 5.82 Å². The van der Waals surface area contributed by atoms with Crippen molar-refractivity contribution in [1.29, 1.82) is 0 Å². The Hall–Kier alpha value is -2.01. The third-order valence-electron chi connectivity index (χ3n) is 4.35. The Bertz CT molecular complexity index is 674. The summed E-state index contributed by atoms with van der Waals surface area (Å²) in [4.78, 5) is 6.80. The van der Waals surface area contributed by atoms with Gasteiger partial charge < -0.3 is 19.5 Å². The van der Waals surface area contributed by atoms with Crippen LogP contribution >= 0.6 is 0 Å². The molecule has 1 N–H and O–H groups in total. The highest BCUT2D eigenvalue weighted by Crippen LogP contribution is 2.39. The molecule has 1 fully saturated rings. The smallest absolute Gasteiger partial charge is 0.231 e. The van der Waals surface area contributed by atoms with E-state index in [0.29, 0.717) is 0 Å². The molecule has 2 aromatic rings. The molecular formula is C16H18N2O3. The summed E-state index contributed by atoms with van der Waals surface area (Å²) < 4.78 is 10.9. The van der Waals surface area contributed by atoms with Crippen molar-refractivity contribution in [2.24, 2.45) is 0 Å². The van der Waals surface area contributed by atoms with E-state index in [1.165, 1.54) is 6.42 Å². The summed E-state index contributed by atoms with van der Waals surface area (Å²) in [5, 5.41) is 11.8. The van der Waals surface area contributed by atoms with Crippen LogP contribution in [0.5, 0.6) is 11.5 Å². The Morgan fingerprint density at radius 1 is 1.24 bits per heavy atom. The fourth-order valence-corrected chi connectivity index (χ4v) is 3.25. The molecule has 0 spiro atoms. The molecule has 1 aromatic heterocycles. The monoisotopic (exact) mass is 286 g/mol. The fraction of sp³-hybridized carbons (Fsp3) is 0.438. The molecule has 0 radical (unpaired) electrons. The lowest BCUT2D eigenvalue weighted by atomic mass is 10.0. The van der Waals surface area contributed by atoms with Crippen LogP contribution in [0.3, 0.4) is 0 Å². The normalized spacial score (nSPS) is 21.0. The Balaban J connectivity index is 1.84. The second-order valence-electron chi connectivity index (χ2n) is 5.59. The Morgan fingerprint density at radius 3 is 2.95 bits per heavy atom. The topological polar surface area (TPSA) is 54.8 Å². The van der Waals surface area contributed by atoms with E-state index in [0.717, 1.165) is 47.5 Å². The second kappa shape index (κ2) is 5.07. The van der Waals surface area contributed by atoms with Crippen LogP contribution in [0.25, 0.3) is 10.8 Å². The summed E-state index contributed by atoms with van der Waals surface area (Å²) in [6.07, 6.45) is 5.14. The summed E-state index contributed by atoms with van der Waals surface area (Å²) in [5.41, 5.74) is 0. The van der Waals surface area contributed by atoms with Gasteiger partial charge in [-0.1, -0.05) is 0 Å². The first kappa shape index (κ1) is 12.7. The van der Waals surface area contributed by atoms with Gasteiger partial charge in [0.05, 0.1) is 12.6 Å². The van der Waals surface area contributed by atoms with E-state index >= 15 is 0 Å². The zero-order valence-electron chi connectivity index (χ0n) is 11.8. The molecule has 0 amide bonds. The minimum absolute atomic E-state index is 0.155. The van der Waals surface area contributed by atoms with Crippen molar-refractivity contribution in [3.63, 3.8) is 0 Å². The Morgan fingerprint density at radius 2 is 2.10 bits per heavy atom. The van der Waals surface area contributed by atoms with E-state index in [4.69, 9.17) is 9.47 Å². The van der Waals surface area contributed by atoms with E-state index in [9.17, 15) is 5.11 Å². The molecule has 2 aliphatic heterocycles. The van der Waals surface area contributed by atoms with Crippen LogP contribution in [-0.2, 0) is 0 Å². The lowest BCUT2D eigenvalue weighted by Gasteiger charge is -2.36. The molecule has 1 atom stereocenters. The van der Waals surface area contributed by atoms with Gasteiger partial charge >= 0.3 is 0 Å². The number of hydrogen-bond donors (Lipinski definition) is 1. The second-order valence-corrected chi connectivity index (χ2v) is 5.59. The van der Waals surface area contributed by atoms with Crippen LogP contribution in [0.2, 0.25) is 0 Å². The summed E-state index contributed by atoms with van der Waals surface area (Å²) >= 11 is 0. The number of piperidine rings is 1. The molecule has 0 saturated carbocycles. The van der Waals surface area contributed by atoms with Crippen LogP contribution in [-0.4, -0.2) is 36.1 Å². The van der Waals surface area contributed by atoms with Crippen LogP contribution in [0.1, 0.15) is 19.3 Å². The number of fused-ring (bicyclic) bond motifs is 2. The number of anilines is 1. The van der Waals surface area contributed by atoms with Crippen molar-refractivity contribution in [3.05, 3.63) is 24.4 Å². The number of nitrogens with zero attached hydrogens (tertiary/aromatic N) is 2. The average molecular weight is 286 g/mol. The van der Waals surface area contributed by atoms with E-state index in [1.54, 1.807) is 0 Å². The largest absolute Gasteiger partial charge is 0.454 e. The Labute approximate surface area is 123 Å². The number of pyridine rings is 1. The van der Waals surface area contributed by atoms with Crippen molar-refractivity contribution in [3.8, 4) is 11.5 Å². The summed E-state index contributed by atoms with van der Waals surface area (Å²) in [7, 11) is 0. The number of rotatable bonds is 2. The lowest BCUT2D eigenvalue weighted by Crippen LogP contribution is -2.42. The highest BCUT2D eigenvalue weighted by atomic mass is 16.7. The summed E-state index contributed by atoms with van der Waals surface area (Å²) in [5.74, 6) is 2.50. The van der Waals surface area contributed by atoms with Gasteiger partial charge in [0.2, 0.25) is 6.79 Å². The maximum Gasteiger partial charge on any atom is 0.231 e. The first-order chi connectivity index (χ1) is 10.4. The van der Waals surface area contributed by atoms with Crippen molar-refractivity contribution in [1.82, 2.24) is 4.98 Å². The summed E-state index contributed by atoms with van der Waals surface area (Å²) in [6, 6.07) is 6.14. The molecule has 5 nitrogen and oxygen atoms in total. The van der Waals surface area contributed by atoms with E-state index in [1.807, 2.05) is 24.4 Å². The minimum Gasteiger partial charge on any atom is -0.454 e. The van der Waals surface area contributed by atoms with Gasteiger partial charge in [0.25, 0.3) is 0 Å². The molecule has 2 aliphatic rings. The molecule has 21 heavy (non-hydrogen) atoms. The van der Waals surface area contributed by atoms with Gasteiger partial charge in [0, 0.05) is 18.1 Å². The number of benzene rings is 1. The molecule has 0 aliphatic carbocycles. The fourth-order valence-electron chi connectivity index (χ4n) is 3.25. The molecule has 0 bridgehead atoms. The quantitative estimate of drug-likeness (QED) is 0.918. The molecule has 110 valence electrons. The molecule has 5 heteroatoms. The molecule has 4 rings (SSSR count). The van der Waals surface area contributed by atoms with Gasteiger partial charge in [-0.25, -0.2) is 4.98 Å². The van der Waals surface area contributed by atoms with Crippen molar-refractivity contribution in [2.45, 2.75) is 25.3 Å². The van der Waals surface area contributed by atoms with Gasteiger partial charge in [-0.2, -0.15) is 0 Å². The molecule has 1 saturated heterocycles. The van der Waals surface area contributed by atoms with E-state index in [2.05, 4.69) is 9.88 Å². The zero-order chi connectivity index (χ0) is 14.2. The Kier molecular flexibility index (Phi) is 3.07. The summed E-state index contributed by atoms with van der Waals surface area (Å²) in [6.45, 7) is 1.38. The number of hydrogen-bond acceptors (Lipinski definition) is 5. The van der Waals surface area contributed by atoms with Crippen LogP contribution in [0.15, 0.2) is 24.4 Å². The van der Waals surface area contributed by atoms with Crippen molar-refractivity contribution >= 4 is 16.6 Å². The van der Waals surface area contributed by atoms with Gasteiger partial charge in [-0.15, -0.1) is 0 Å². The maximum atomic E-state index is 9.64. The van der Waals surface area contributed by atoms with E-state index in [-0.39, 0.29) is 19.4 Å².